The van der Waals surface area contributed by atoms with Crippen molar-refractivity contribution in [3.8, 4) is 6.07 Å². The maximum absolute atomic E-state index is 11.9. The topological polar surface area (TPSA) is 78.9 Å². The fourth-order valence-electron chi connectivity index (χ4n) is 2.67. The number of amides is 1. The average molecular weight is 275 g/mol. The summed E-state index contributed by atoms with van der Waals surface area (Å²) in [5.41, 5.74) is 7.54. The smallest absolute Gasteiger partial charge is 0.229 e. The third kappa shape index (κ3) is 2.38. The molecule has 0 spiro atoms. The lowest BCUT2D eigenvalue weighted by Crippen LogP contribution is -2.18. The van der Waals surface area contributed by atoms with Gasteiger partial charge < -0.3 is 11.1 Å². The molecule has 2 unspecified atom stereocenters. The Morgan fingerprint density at radius 2 is 2.11 bits per heavy atom. The first-order chi connectivity index (χ1) is 9.20. The third-order valence-corrected chi connectivity index (χ3v) is 5.15. The molecule has 1 saturated carbocycles. The van der Waals surface area contributed by atoms with Crippen molar-refractivity contribution in [3.05, 3.63) is 16.0 Å². The van der Waals surface area contributed by atoms with Crippen LogP contribution in [0.4, 0.5) is 5.00 Å². The van der Waals surface area contributed by atoms with E-state index in [1.54, 1.807) is 11.3 Å². The van der Waals surface area contributed by atoms with Crippen molar-refractivity contribution in [2.45, 2.75) is 44.6 Å². The van der Waals surface area contributed by atoms with Crippen molar-refractivity contribution < 1.29 is 4.79 Å². The Bertz CT molecular complexity index is 558. The average Bonchev–Trinajstić information content (AvgIpc) is 3.09. The van der Waals surface area contributed by atoms with Crippen molar-refractivity contribution in [1.82, 2.24) is 0 Å². The van der Waals surface area contributed by atoms with Crippen LogP contribution in [0, 0.1) is 17.2 Å². The summed E-state index contributed by atoms with van der Waals surface area (Å²) in [6, 6.07) is 2.27. The lowest BCUT2D eigenvalue weighted by molar-refractivity contribution is -0.117. The van der Waals surface area contributed by atoms with Crippen LogP contribution in [0.3, 0.4) is 0 Å². The number of carbonyl (C=O) groups is 1. The van der Waals surface area contributed by atoms with Crippen LogP contribution in [0.2, 0.25) is 0 Å². The Balaban J connectivity index is 1.85. The molecule has 1 aromatic rings. The van der Waals surface area contributed by atoms with Gasteiger partial charge in [-0.25, -0.2) is 0 Å². The van der Waals surface area contributed by atoms with Gasteiger partial charge in [0.05, 0.1) is 11.5 Å². The van der Waals surface area contributed by atoms with Crippen LogP contribution < -0.4 is 11.1 Å². The highest BCUT2D eigenvalue weighted by molar-refractivity contribution is 7.16. The van der Waals surface area contributed by atoms with Crippen LogP contribution in [-0.2, 0) is 17.6 Å². The number of nitrogens with two attached hydrogens (primary N) is 1. The van der Waals surface area contributed by atoms with Gasteiger partial charge in [-0.15, -0.1) is 11.3 Å². The molecule has 3 rings (SSSR count). The van der Waals surface area contributed by atoms with Gasteiger partial charge in [0.25, 0.3) is 0 Å². The van der Waals surface area contributed by atoms with Crippen molar-refractivity contribution in [2.75, 3.05) is 5.32 Å². The number of hydrogen-bond acceptors (Lipinski definition) is 4. The highest BCUT2D eigenvalue weighted by atomic mass is 32.1. The quantitative estimate of drug-likeness (QED) is 0.812. The number of nitrogens with one attached hydrogen (secondary N) is 1. The number of anilines is 1. The Kier molecular flexibility index (Phi) is 3.29. The van der Waals surface area contributed by atoms with E-state index < -0.39 is 0 Å². The van der Waals surface area contributed by atoms with E-state index in [0.29, 0.717) is 5.56 Å². The Morgan fingerprint density at radius 3 is 2.79 bits per heavy atom. The minimum absolute atomic E-state index is 0.00308. The Hall–Kier alpha value is -1.38. The van der Waals surface area contributed by atoms with Crippen molar-refractivity contribution in [2.24, 2.45) is 11.7 Å². The predicted octanol–water partition coefficient (Wildman–Crippen LogP) is 2.17. The minimum Gasteiger partial charge on any atom is -0.327 e. The number of hydrogen-bond donors (Lipinski definition) is 2. The van der Waals surface area contributed by atoms with Crippen LogP contribution in [0.1, 0.15) is 41.7 Å². The number of nitriles is 1. The van der Waals surface area contributed by atoms with E-state index in [1.165, 1.54) is 23.3 Å². The minimum atomic E-state index is -0.0616. The van der Waals surface area contributed by atoms with E-state index in [1.807, 2.05) is 0 Å². The second kappa shape index (κ2) is 4.95. The maximum Gasteiger partial charge on any atom is 0.229 e. The van der Waals surface area contributed by atoms with E-state index >= 15 is 0 Å². The molecule has 1 heterocycles. The lowest BCUT2D eigenvalue weighted by atomic mass is 10.1. The highest BCUT2D eigenvalue weighted by Crippen LogP contribution is 2.38. The summed E-state index contributed by atoms with van der Waals surface area (Å²) in [4.78, 5) is 13.2. The number of fused-ring (bicyclic) bond motifs is 1. The van der Waals surface area contributed by atoms with Crippen LogP contribution in [0.15, 0.2) is 0 Å². The van der Waals surface area contributed by atoms with Gasteiger partial charge in [0, 0.05) is 10.9 Å². The largest absolute Gasteiger partial charge is 0.327 e. The molecule has 4 nitrogen and oxygen atoms in total. The van der Waals surface area contributed by atoms with Gasteiger partial charge >= 0.3 is 0 Å². The van der Waals surface area contributed by atoms with Crippen LogP contribution in [0.5, 0.6) is 0 Å². The molecule has 1 amide bonds. The first-order valence-corrected chi connectivity index (χ1v) is 7.63. The molecule has 0 bridgehead atoms. The molecular formula is C14H17N3OS. The summed E-state index contributed by atoms with van der Waals surface area (Å²) in [6.07, 6.45) is 6.31. The molecule has 3 N–H and O–H groups in total. The molecule has 1 fully saturated rings. The first-order valence-electron chi connectivity index (χ1n) is 6.81. The lowest BCUT2D eigenvalue weighted by Gasteiger charge is -2.02. The molecule has 0 saturated heterocycles. The van der Waals surface area contributed by atoms with Crippen molar-refractivity contribution in [3.63, 3.8) is 0 Å². The molecule has 2 aliphatic carbocycles. The zero-order chi connectivity index (χ0) is 13.4. The number of nitrogens with zero attached hydrogens (tertiary/aromatic N) is 1. The number of carbonyl (C=O) groups excluding carboxylic acids is 1. The molecule has 0 radical (unpaired) electrons. The standard InChI is InChI=1S/C14H17N3OS/c15-7-10-8-4-2-1-3-5-12(8)19-14(10)17-13(18)9-6-11(9)16/h9,11H,1-6,16H2,(H,17,18). The van der Waals surface area contributed by atoms with E-state index in [-0.39, 0.29) is 17.9 Å². The summed E-state index contributed by atoms with van der Waals surface area (Å²) < 4.78 is 0. The van der Waals surface area contributed by atoms with Crippen molar-refractivity contribution >= 4 is 22.2 Å². The number of aryl methyl sites for hydroxylation is 1. The van der Waals surface area contributed by atoms with E-state index in [0.717, 1.165) is 30.7 Å². The highest BCUT2D eigenvalue weighted by Gasteiger charge is 2.40. The molecule has 19 heavy (non-hydrogen) atoms. The van der Waals surface area contributed by atoms with Gasteiger partial charge in [0.2, 0.25) is 5.91 Å². The fraction of sp³-hybridized carbons (Fsp3) is 0.571. The Morgan fingerprint density at radius 1 is 1.37 bits per heavy atom. The molecular weight excluding hydrogens is 258 g/mol. The predicted molar refractivity (Wildman–Crippen MR) is 75.0 cm³/mol. The van der Waals surface area contributed by atoms with E-state index in [4.69, 9.17) is 5.73 Å². The summed E-state index contributed by atoms with van der Waals surface area (Å²) in [5.74, 6) is -0.0890. The third-order valence-electron chi connectivity index (χ3n) is 3.95. The zero-order valence-electron chi connectivity index (χ0n) is 10.7. The molecule has 2 aliphatic rings. The summed E-state index contributed by atoms with van der Waals surface area (Å²) in [5, 5.41) is 13.0. The first kappa shape index (κ1) is 12.6. The normalized spacial score (nSPS) is 25.1. The number of thiophene rings is 1. The van der Waals surface area contributed by atoms with Gasteiger partial charge in [-0.1, -0.05) is 6.42 Å². The molecule has 5 heteroatoms. The molecule has 1 aromatic heterocycles. The summed E-state index contributed by atoms with van der Waals surface area (Å²) in [7, 11) is 0. The van der Waals surface area contributed by atoms with E-state index in [9.17, 15) is 10.1 Å². The van der Waals surface area contributed by atoms with Gasteiger partial charge in [-0.05, 0) is 37.7 Å². The van der Waals surface area contributed by atoms with Gasteiger partial charge in [-0.2, -0.15) is 5.26 Å². The van der Waals surface area contributed by atoms with Crippen LogP contribution in [-0.4, -0.2) is 11.9 Å². The second-order valence-corrected chi connectivity index (χ2v) is 6.48. The SMILES string of the molecule is N#Cc1c(NC(=O)C2CC2N)sc2c1CCCCC2. The monoisotopic (exact) mass is 275 g/mol. The van der Waals surface area contributed by atoms with Crippen molar-refractivity contribution in [1.29, 1.82) is 5.26 Å². The van der Waals surface area contributed by atoms with Gasteiger partial charge in [-0.3, -0.25) is 4.79 Å². The fourth-order valence-corrected chi connectivity index (χ4v) is 3.91. The molecule has 100 valence electrons. The number of rotatable bonds is 2. The van der Waals surface area contributed by atoms with Gasteiger partial charge in [0.15, 0.2) is 0 Å². The maximum atomic E-state index is 11.9. The molecule has 0 aliphatic heterocycles. The second-order valence-electron chi connectivity index (χ2n) is 5.38. The Labute approximate surface area is 116 Å². The van der Waals surface area contributed by atoms with Crippen LogP contribution in [0.25, 0.3) is 0 Å². The van der Waals surface area contributed by atoms with Gasteiger partial charge in [0.1, 0.15) is 11.1 Å². The van der Waals surface area contributed by atoms with Crippen LogP contribution >= 0.6 is 11.3 Å². The molecule has 0 aromatic carbocycles. The zero-order valence-corrected chi connectivity index (χ0v) is 11.6. The summed E-state index contributed by atoms with van der Waals surface area (Å²) >= 11 is 1.58. The molecule has 2 atom stereocenters. The summed E-state index contributed by atoms with van der Waals surface area (Å²) in [6.45, 7) is 0. The van der Waals surface area contributed by atoms with E-state index in [2.05, 4.69) is 11.4 Å².